The van der Waals surface area contributed by atoms with Crippen LogP contribution in [0, 0.1) is 0 Å². The summed E-state index contributed by atoms with van der Waals surface area (Å²) in [5.41, 5.74) is 0.621. The van der Waals surface area contributed by atoms with Crippen LogP contribution in [0.15, 0.2) is 18.3 Å². The van der Waals surface area contributed by atoms with E-state index in [2.05, 4.69) is 10.3 Å². The van der Waals surface area contributed by atoms with Crippen LogP contribution in [0.4, 0.5) is 0 Å². The summed E-state index contributed by atoms with van der Waals surface area (Å²) >= 11 is 0. The van der Waals surface area contributed by atoms with Gasteiger partial charge in [-0.25, -0.2) is 0 Å². The fourth-order valence-corrected chi connectivity index (χ4v) is 1.18. The number of aromatic nitrogens is 1. The third kappa shape index (κ3) is 2.86. The van der Waals surface area contributed by atoms with Gasteiger partial charge in [-0.1, -0.05) is 0 Å². The number of aliphatic hydroxyl groups is 1. The van der Waals surface area contributed by atoms with Gasteiger partial charge in [0, 0.05) is 18.5 Å². The largest absolute Gasteiger partial charge is 0.480 e. The molecule has 0 aliphatic rings. The first-order valence-electron chi connectivity index (χ1n) is 4.46. The van der Waals surface area contributed by atoms with Gasteiger partial charge in [0.15, 0.2) is 0 Å². The van der Waals surface area contributed by atoms with Crippen LogP contribution in [0.3, 0.4) is 0 Å². The molecular weight excluding hydrogens is 184 g/mol. The minimum Gasteiger partial charge on any atom is -0.480 e. The molecule has 0 fully saturated rings. The number of aromatic amines is 1. The number of carboxylic acids is 1. The molecule has 4 N–H and O–H groups in total. The van der Waals surface area contributed by atoms with Gasteiger partial charge in [-0.2, -0.15) is 0 Å². The molecule has 5 nitrogen and oxygen atoms in total. The van der Waals surface area contributed by atoms with E-state index in [9.17, 15) is 4.79 Å². The molecule has 0 bridgehead atoms. The van der Waals surface area contributed by atoms with Gasteiger partial charge >= 0.3 is 5.97 Å². The van der Waals surface area contributed by atoms with Gasteiger partial charge in [-0.3, -0.25) is 10.1 Å². The third-order valence-corrected chi connectivity index (χ3v) is 1.86. The molecule has 0 radical (unpaired) electrons. The molecule has 1 heterocycles. The quantitative estimate of drug-likeness (QED) is 0.489. The van der Waals surface area contributed by atoms with Crippen LogP contribution in [-0.2, 0) is 4.79 Å². The maximum atomic E-state index is 10.8. The molecule has 0 aliphatic carbocycles. The predicted molar refractivity (Wildman–Crippen MR) is 50.9 cm³/mol. The van der Waals surface area contributed by atoms with E-state index >= 15 is 0 Å². The number of carboxylic acid groups (broad SMARTS) is 1. The Balaban J connectivity index is 2.52. The van der Waals surface area contributed by atoms with Crippen molar-refractivity contribution in [3.05, 3.63) is 24.0 Å². The first-order chi connectivity index (χ1) is 6.75. The third-order valence-electron chi connectivity index (χ3n) is 1.86. The van der Waals surface area contributed by atoms with Gasteiger partial charge in [0.1, 0.15) is 6.04 Å². The predicted octanol–water partition coefficient (Wildman–Crippen LogP) is 0.112. The number of aliphatic carboxylic acids is 1. The molecule has 1 aromatic heterocycles. The van der Waals surface area contributed by atoms with Crippen molar-refractivity contribution in [1.82, 2.24) is 10.3 Å². The molecular formula is C9H14N2O3. The molecule has 14 heavy (non-hydrogen) atoms. The molecule has 5 heteroatoms. The van der Waals surface area contributed by atoms with E-state index in [1.807, 2.05) is 0 Å². The highest BCUT2D eigenvalue weighted by Crippen LogP contribution is 2.09. The zero-order valence-corrected chi connectivity index (χ0v) is 7.73. The van der Waals surface area contributed by atoms with Crippen LogP contribution in [-0.4, -0.2) is 34.3 Å². The minimum absolute atomic E-state index is 0.0596. The molecule has 0 aromatic carbocycles. The highest BCUT2D eigenvalue weighted by molar-refractivity contribution is 5.74. The summed E-state index contributed by atoms with van der Waals surface area (Å²) in [5, 5.41) is 20.3. The molecule has 78 valence electrons. The lowest BCUT2D eigenvalue weighted by Crippen LogP contribution is -2.29. The molecule has 0 amide bonds. The molecule has 1 atom stereocenters. The van der Waals surface area contributed by atoms with Crippen molar-refractivity contribution in [2.45, 2.75) is 12.5 Å². The van der Waals surface area contributed by atoms with Gasteiger partial charge in [-0.05, 0) is 25.1 Å². The van der Waals surface area contributed by atoms with Crippen molar-refractivity contribution in [3.63, 3.8) is 0 Å². The van der Waals surface area contributed by atoms with Gasteiger partial charge in [0.25, 0.3) is 0 Å². The lowest BCUT2D eigenvalue weighted by atomic mass is 10.2. The van der Waals surface area contributed by atoms with Crippen LogP contribution in [0.1, 0.15) is 18.2 Å². The van der Waals surface area contributed by atoms with E-state index in [-0.39, 0.29) is 6.61 Å². The van der Waals surface area contributed by atoms with E-state index in [0.717, 1.165) is 0 Å². The topological polar surface area (TPSA) is 85.3 Å². The van der Waals surface area contributed by atoms with Crippen molar-refractivity contribution in [2.24, 2.45) is 0 Å². The van der Waals surface area contributed by atoms with E-state index < -0.39 is 12.0 Å². The highest BCUT2D eigenvalue weighted by Gasteiger charge is 2.18. The Labute approximate surface area is 81.8 Å². The Morgan fingerprint density at radius 2 is 2.43 bits per heavy atom. The summed E-state index contributed by atoms with van der Waals surface area (Å²) in [7, 11) is 0. The number of aliphatic hydroxyl groups excluding tert-OH is 1. The SMILES string of the molecule is O=C(O)C(NCCCO)c1ccc[nH]1. The van der Waals surface area contributed by atoms with Crippen LogP contribution < -0.4 is 5.32 Å². The average molecular weight is 198 g/mol. The molecule has 1 unspecified atom stereocenters. The van der Waals surface area contributed by atoms with E-state index in [4.69, 9.17) is 10.2 Å². The summed E-state index contributed by atoms with van der Waals surface area (Å²) in [6.07, 6.45) is 2.23. The summed E-state index contributed by atoms with van der Waals surface area (Å²) in [6, 6.07) is 2.74. The monoisotopic (exact) mass is 198 g/mol. The highest BCUT2D eigenvalue weighted by atomic mass is 16.4. The molecule has 1 aromatic rings. The fourth-order valence-electron chi connectivity index (χ4n) is 1.18. The summed E-state index contributed by atoms with van der Waals surface area (Å²) in [6.45, 7) is 0.538. The average Bonchev–Trinajstić information content (AvgIpc) is 2.64. The molecule has 0 aliphatic heterocycles. The molecule has 0 saturated carbocycles. The Bertz CT molecular complexity index is 272. The summed E-state index contributed by atoms with van der Waals surface area (Å²) in [5.74, 6) is -0.926. The van der Waals surface area contributed by atoms with Gasteiger partial charge in [-0.15, -0.1) is 0 Å². The molecule has 1 rings (SSSR count). The first-order valence-corrected chi connectivity index (χ1v) is 4.46. The van der Waals surface area contributed by atoms with Crippen LogP contribution in [0.25, 0.3) is 0 Å². The Hall–Kier alpha value is -1.33. The molecule has 0 saturated heterocycles. The minimum atomic E-state index is -0.926. The van der Waals surface area contributed by atoms with Gasteiger partial charge in [0.2, 0.25) is 0 Å². The smallest absolute Gasteiger partial charge is 0.326 e. The lowest BCUT2D eigenvalue weighted by molar-refractivity contribution is -0.139. The second-order valence-corrected chi connectivity index (χ2v) is 2.93. The second kappa shape index (κ2) is 5.41. The zero-order valence-electron chi connectivity index (χ0n) is 7.73. The summed E-state index contributed by atoms with van der Waals surface area (Å²) < 4.78 is 0. The normalized spacial score (nSPS) is 12.6. The van der Waals surface area contributed by atoms with E-state index in [1.54, 1.807) is 18.3 Å². The Kier molecular flexibility index (Phi) is 4.15. The van der Waals surface area contributed by atoms with Crippen molar-refractivity contribution in [1.29, 1.82) is 0 Å². The summed E-state index contributed by atoms with van der Waals surface area (Å²) in [4.78, 5) is 13.7. The maximum absolute atomic E-state index is 10.8. The van der Waals surface area contributed by atoms with Gasteiger partial charge < -0.3 is 15.2 Å². The van der Waals surface area contributed by atoms with Crippen LogP contribution in [0.2, 0.25) is 0 Å². The Morgan fingerprint density at radius 1 is 1.64 bits per heavy atom. The molecule has 0 spiro atoms. The number of rotatable bonds is 6. The van der Waals surface area contributed by atoms with Crippen molar-refractivity contribution >= 4 is 5.97 Å². The maximum Gasteiger partial charge on any atom is 0.326 e. The number of nitrogens with one attached hydrogen (secondary N) is 2. The Morgan fingerprint density at radius 3 is 2.93 bits per heavy atom. The first kappa shape index (κ1) is 10.7. The number of hydrogen-bond donors (Lipinski definition) is 4. The van der Waals surface area contributed by atoms with Crippen molar-refractivity contribution in [2.75, 3.05) is 13.2 Å². The lowest BCUT2D eigenvalue weighted by Gasteiger charge is -2.12. The van der Waals surface area contributed by atoms with Gasteiger partial charge in [0.05, 0.1) is 0 Å². The van der Waals surface area contributed by atoms with E-state index in [1.165, 1.54) is 0 Å². The number of hydrogen-bond acceptors (Lipinski definition) is 3. The second-order valence-electron chi connectivity index (χ2n) is 2.93. The fraction of sp³-hybridized carbons (Fsp3) is 0.444. The van der Waals surface area contributed by atoms with Crippen molar-refractivity contribution < 1.29 is 15.0 Å². The van der Waals surface area contributed by atoms with E-state index in [0.29, 0.717) is 18.7 Å². The number of H-pyrrole nitrogens is 1. The van der Waals surface area contributed by atoms with Crippen LogP contribution >= 0.6 is 0 Å². The standard InChI is InChI=1S/C9H14N2O3/c12-6-2-5-11-8(9(13)14)7-3-1-4-10-7/h1,3-4,8,10-12H,2,5-6H2,(H,13,14). The number of carbonyl (C=O) groups is 1. The zero-order chi connectivity index (χ0) is 10.4. The van der Waals surface area contributed by atoms with Crippen LogP contribution in [0.5, 0.6) is 0 Å². The van der Waals surface area contributed by atoms with Crippen molar-refractivity contribution in [3.8, 4) is 0 Å².